The molecule has 1 aromatic carbocycles. The molecule has 0 saturated carbocycles. The highest BCUT2D eigenvalue weighted by Crippen LogP contribution is 2.18. The van der Waals surface area contributed by atoms with Gasteiger partial charge in [-0.1, -0.05) is 12.1 Å². The topological polar surface area (TPSA) is 38.9 Å². The fraction of sp³-hybridized carbons (Fsp3) is 0.250. The van der Waals surface area contributed by atoms with Gasteiger partial charge in [0.2, 0.25) is 0 Å². The molecule has 0 aliphatic heterocycles. The summed E-state index contributed by atoms with van der Waals surface area (Å²) in [5, 5.41) is 3.19. The molecule has 1 unspecified atom stereocenters. The van der Waals surface area contributed by atoms with Crippen molar-refractivity contribution in [3.63, 3.8) is 0 Å². The average molecular weight is 344 g/mol. The van der Waals surface area contributed by atoms with Crippen molar-refractivity contribution < 1.29 is 0 Å². The molecule has 2 rings (SSSR count). The quantitative estimate of drug-likeness (QED) is 0.868. The lowest BCUT2D eigenvalue weighted by Gasteiger charge is -2.10. The maximum atomic E-state index is 6.15. The maximum Gasteiger partial charge on any atom is 0.0897 e. The maximum absolute atomic E-state index is 6.15. The van der Waals surface area contributed by atoms with Gasteiger partial charge in [-0.05, 0) is 47.2 Å². The van der Waals surface area contributed by atoms with Crippen LogP contribution >= 0.6 is 33.9 Å². The van der Waals surface area contributed by atoms with Crippen molar-refractivity contribution in [2.75, 3.05) is 0 Å². The highest BCUT2D eigenvalue weighted by Gasteiger charge is 2.08. The molecule has 1 aromatic heterocycles. The Morgan fingerprint density at radius 2 is 2.06 bits per heavy atom. The van der Waals surface area contributed by atoms with Crippen LogP contribution in [0.15, 0.2) is 29.6 Å². The van der Waals surface area contributed by atoms with Gasteiger partial charge in [-0.2, -0.15) is 0 Å². The summed E-state index contributed by atoms with van der Waals surface area (Å²) < 4.78 is 1.23. The second-order valence-electron chi connectivity index (χ2n) is 3.72. The van der Waals surface area contributed by atoms with Crippen molar-refractivity contribution >= 4 is 33.9 Å². The van der Waals surface area contributed by atoms with Gasteiger partial charge in [0, 0.05) is 21.4 Å². The van der Waals surface area contributed by atoms with E-state index in [1.54, 1.807) is 11.3 Å². The lowest BCUT2D eigenvalue weighted by Crippen LogP contribution is -2.13. The minimum atomic E-state index is 0.0403. The first-order chi connectivity index (χ1) is 7.65. The van der Waals surface area contributed by atoms with E-state index in [0.29, 0.717) is 0 Å². The second kappa shape index (κ2) is 5.25. The molecule has 0 radical (unpaired) electrons. The largest absolute Gasteiger partial charge is 0.324 e. The number of hydrogen-bond acceptors (Lipinski definition) is 3. The van der Waals surface area contributed by atoms with E-state index in [9.17, 15) is 0 Å². The Labute approximate surface area is 113 Å². The molecule has 16 heavy (non-hydrogen) atoms. The van der Waals surface area contributed by atoms with E-state index in [0.717, 1.165) is 17.1 Å². The molecule has 1 atom stereocenters. The Morgan fingerprint density at radius 1 is 1.38 bits per heavy atom. The van der Waals surface area contributed by atoms with E-state index >= 15 is 0 Å². The smallest absolute Gasteiger partial charge is 0.0897 e. The highest BCUT2D eigenvalue weighted by atomic mass is 127. The molecule has 0 fully saturated rings. The third kappa shape index (κ3) is 3.02. The summed E-state index contributed by atoms with van der Waals surface area (Å²) in [5.74, 6) is 0. The Balaban J connectivity index is 2.08. The molecule has 2 nitrogen and oxygen atoms in total. The minimum Gasteiger partial charge on any atom is -0.324 e. The van der Waals surface area contributed by atoms with Crippen molar-refractivity contribution in [3.05, 3.63) is 49.5 Å². The predicted octanol–water partition coefficient (Wildman–Crippen LogP) is 3.30. The number of rotatable bonds is 3. The van der Waals surface area contributed by atoms with Gasteiger partial charge in [-0.15, -0.1) is 11.3 Å². The van der Waals surface area contributed by atoms with E-state index in [4.69, 9.17) is 5.73 Å². The number of nitrogens with zero attached hydrogens (tertiary/aromatic N) is 1. The van der Waals surface area contributed by atoms with Crippen molar-refractivity contribution in [1.29, 1.82) is 0 Å². The lowest BCUT2D eigenvalue weighted by molar-refractivity contribution is 0.709. The van der Waals surface area contributed by atoms with Crippen molar-refractivity contribution in [1.82, 2.24) is 4.98 Å². The van der Waals surface area contributed by atoms with Crippen molar-refractivity contribution in [3.8, 4) is 0 Å². The van der Waals surface area contributed by atoms with Crippen LogP contribution in [0.2, 0.25) is 0 Å². The fourth-order valence-electron chi connectivity index (χ4n) is 1.56. The second-order valence-corrected chi connectivity index (χ2v) is 6.03. The van der Waals surface area contributed by atoms with E-state index < -0.39 is 0 Å². The monoisotopic (exact) mass is 344 g/mol. The standard InChI is InChI=1S/C12H13IN2S/c1-8-15-11(7-16-8)6-12(14)9-2-4-10(13)5-3-9/h2-5,7,12H,6,14H2,1H3. The van der Waals surface area contributed by atoms with Gasteiger partial charge < -0.3 is 5.73 Å². The normalized spacial score (nSPS) is 12.7. The summed E-state index contributed by atoms with van der Waals surface area (Å²) in [5.41, 5.74) is 8.41. The number of hydrogen-bond donors (Lipinski definition) is 1. The molecular formula is C12H13IN2S. The molecule has 0 saturated heterocycles. The number of halogens is 1. The molecular weight excluding hydrogens is 331 g/mol. The zero-order chi connectivity index (χ0) is 11.5. The molecule has 1 heterocycles. The molecule has 0 amide bonds. The number of nitrogens with two attached hydrogens (primary N) is 1. The van der Waals surface area contributed by atoms with Crippen LogP contribution in [-0.2, 0) is 6.42 Å². The van der Waals surface area contributed by atoms with E-state index in [1.807, 2.05) is 6.92 Å². The van der Waals surface area contributed by atoms with E-state index in [2.05, 4.69) is 57.2 Å². The molecule has 0 aliphatic rings. The van der Waals surface area contributed by atoms with Gasteiger partial charge in [0.05, 0.1) is 10.7 Å². The van der Waals surface area contributed by atoms with Gasteiger partial charge in [0.1, 0.15) is 0 Å². The van der Waals surface area contributed by atoms with E-state index in [-0.39, 0.29) is 6.04 Å². The predicted molar refractivity (Wildman–Crippen MR) is 76.6 cm³/mol. The first-order valence-electron chi connectivity index (χ1n) is 5.07. The van der Waals surface area contributed by atoms with Crippen LogP contribution in [0.4, 0.5) is 0 Å². The summed E-state index contributed by atoms with van der Waals surface area (Å²) in [6.45, 7) is 2.02. The van der Waals surface area contributed by atoms with Crippen LogP contribution in [0.5, 0.6) is 0 Å². The third-order valence-corrected chi connectivity index (χ3v) is 3.94. The number of aryl methyl sites for hydroxylation is 1. The van der Waals surface area contributed by atoms with Gasteiger partial charge in [0.25, 0.3) is 0 Å². The molecule has 2 aromatic rings. The van der Waals surface area contributed by atoms with Gasteiger partial charge in [-0.3, -0.25) is 0 Å². The molecule has 2 N–H and O–H groups in total. The Hall–Kier alpha value is -0.460. The summed E-state index contributed by atoms with van der Waals surface area (Å²) in [6, 6.07) is 8.39. The number of aromatic nitrogens is 1. The zero-order valence-corrected chi connectivity index (χ0v) is 12.0. The van der Waals surface area contributed by atoms with Crippen molar-refractivity contribution in [2.45, 2.75) is 19.4 Å². The van der Waals surface area contributed by atoms with Crippen LogP contribution in [0.1, 0.15) is 22.3 Å². The summed E-state index contributed by atoms with van der Waals surface area (Å²) in [6.07, 6.45) is 0.810. The zero-order valence-electron chi connectivity index (χ0n) is 8.98. The van der Waals surface area contributed by atoms with Crippen LogP contribution in [-0.4, -0.2) is 4.98 Å². The summed E-state index contributed by atoms with van der Waals surface area (Å²) in [4.78, 5) is 4.43. The van der Waals surface area contributed by atoms with Crippen LogP contribution < -0.4 is 5.73 Å². The van der Waals surface area contributed by atoms with E-state index in [1.165, 1.54) is 9.13 Å². The number of benzene rings is 1. The molecule has 0 bridgehead atoms. The Morgan fingerprint density at radius 3 is 2.62 bits per heavy atom. The fourth-order valence-corrected chi connectivity index (χ4v) is 2.54. The van der Waals surface area contributed by atoms with Crippen LogP contribution in [0.25, 0.3) is 0 Å². The molecule has 0 aliphatic carbocycles. The SMILES string of the molecule is Cc1nc(CC(N)c2ccc(I)cc2)cs1. The first kappa shape index (κ1) is 12.0. The van der Waals surface area contributed by atoms with Crippen LogP contribution in [0.3, 0.4) is 0 Å². The molecule has 84 valence electrons. The minimum absolute atomic E-state index is 0.0403. The molecule has 0 spiro atoms. The first-order valence-corrected chi connectivity index (χ1v) is 7.03. The number of thiazole rings is 1. The molecule has 4 heteroatoms. The van der Waals surface area contributed by atoms with Crippen molar-refractivity contribution in [2.24, 2.45) is 5.73 Å². The highest BCUT2D eigenvalue weighted by molar-refractivity contribution is 14.1. The van der Waals surface area contributed by atoms with Gasteiger partial charge >= 0.3 is 0 Å². The average Bonchev–Trinajstić information content (AvgIpc) is 2.65. The lowest BCUT2D eigenvalue weighted by atomic mass is 10.0. The summed E-state index contributed by atoms with van der Waals surface area (Å²) >= 11 is 3.97. The summed E-state index contributed by atoms with van der Waals surface area (Å²) in [7, 11) is 0. The third-order valence-electron chi connectivity index (χ3n) is 2.39. The Bertz CT molecular complexity index is 464. The van der Waals surface area contributed by atoms with Crippen LogP contribution in [0, 0.1) is 10.5 Å². The van der Waals surface area contributed by atoms with Gasteiger partial charge in [-0.25, -0.2) is 4.98 Å². The van der Waals surface area contributed by atoms with Gasteiger partial charge in [0.15, 0.2) is 0 Å². The Kier molecular flexibility index (Phi) is 3.94.